The second-order valence-electron chi connectivity index (χ2n) is 5.60. The summed E-state index contributed by atoms with van der Waals surface area (Å²) in [6.07, 6.45) is 5.46. The van der Waals surface area contributed by atoms with Gasteiger partial charge in [-0.1, -0.05) is 26.7 Å². The molecule has 1 saturated carbocycles. The maximum atomic E-state index is 12.3. The van der Waals surface area contributed by atoms with Crippen molar-refractivity contribution in [3.05, 3.63) is 23.4 Å². The number of hydrogen-bond acceptors (Lipinski definition) is 3. The standard InChI is InChI=1S/C16H25N3O/c1-4-6-11-9-14(11)19-16(20)12-8-13(7-5-2)18-15(10-12)17-3/h8,10-11,14H,4-7,9H2,1-3H3,(H,17,18)(H,19,20). The van der Waals surface area contributed by atoms with E-state index in [1.807, 2.05) is 19.2 Å². The van der Waals surface area contributed by atoms with Crippen molar-refractivity contribution >= 4 is 11.7 Å². The van der Waals surface area contributed by atoms with Gasteiger partial charge < -0.3 is 10.6 Å². The van der Waals surface area contributed by atoms with Crippen molar-refractivity contribution in [1.29, 1.82) is 0 Å². The summed E-state index contributed by atoms with van der Waals surface area (Å²) in [6.45, 7) is 4.31. The molecule has 0 saturated heterocycles. The molecule has 1 fully saturated rings. The van der Waals surface area contributed by atoms with Gasteiger partial charge in [0, 0.05) is 24.3 Å². The molecule has 2 N–H and O–H groups in total. The van der Waals surface area contributed by atoms with Crippen LogP contribution in [0.5, 0.6) is 0 Å². The number of carbonyl (C=O) groups is 1. The lowest BCUT2D eigenvalue weighted by molar-refractivity contribution is 0.0948. The summed E-state index contributed by atoms with van der Waals surface area (Å²) in [5.41, 5.74) is 1.69. The molecule has 1 aromatic heterocycles. The Morgan fingerprint density at radius 1 is 1.35 bits per heavy atom. The van der Waals surface area contributed by atoms with Crippen molar-refractivity contribution < 1.29 is 4.79 Å². The Kier molecular flexibility index (Phi) is 4.99. The average molecular weight is 275 g/mol. The van der Waals surface area contributed by atoms with Crippen LogP contribution in [0.25, 0.3) is 0 Å². The second-order valence-corrected chi connectivity index (χ2v) is 5.60. The summed E-state index contributed by atoms with van der Waals surface area (Å²) in [7, 11) is 1.83. The largest absolute Gasteiger partial charge is 0.373 e. The molecule has 2 unspecified atom stereocenters. The number of aromatic nitrogens is 1. The number of nitrogens with one attached hydrogen (secondary N) is 2. The average Bonchev–Trinajstić information content (AvgIpc) is 3.17. The fourth-order valence-corrected chi connectivity index (χ4v) is 2.60. The SMILES string of the molecule is CCCc1cc(C(=O)NC2CC2CCC)cc(NC)n1. The highest BCUT2D eigenvalue weighted by Gasteiger charge is 2.37. The topological polar surface area (TPSA) is 54.0 Å². The van der Waals surface area contributed by atoms with Gasteiger partial charge in [-0.2, -0.15) is 0 Å². The number of amides is 1. The Morgan fingerprint density at radius 2 is 2.15 bits per heavy atom. The number of rotatable bonds is 7. The summed E-state index contributed by atoms with van der Waals surface area (Å²) >= 11 is 0. The van der Waals surface area contributed by atoms with E-state index in [2.05, 4.69) is 29.5 Å². The molecular weight excluding hydrogens is 250 g/mol. The highest BCUT2D eigenvalue weighted by Crippen LogP contribution is 2.34. The lowest BCUT2D eigenvalue weighted by atomic mass is 10.1. The third-order valence-corrected chi connectivity index (χ3v) is 3.80. The molecule has 0 radical (unpaired) electrons. The molecule has 1 aliphatic carbocycles. The van der Waals surface area contributed by atoms with Gasteiger partial charge >= 0.3 is 0 Å². The van der Waals surface area contributed by atoms with Crippen molar-refractivity contribution in [2.75, 3.05) is 12.4 Å². The lowest BCUT2D eigenvalue weighted by Crippen LogP contribution is -2.27. The van der Waals surface area contributed by atoms with E-state index in [9.17, 15) is 4.79 Å². The maximum Gasteiger partial charge on any atom is 0.251 e. The van der Waals surface area contributed by atoms with E-state index in [4.69, 9.17) is 0 Å². The first-order chi connectivity index (χ1) is 9.67. The van der Waals surface area contributed by atoms with Gasteiger partial charge in [-0.25, -0.2) is 4.98 Å². The van der Waals surface area contributed by atoms with E-state index in [1.165, 1.54) is 12.8 Å². The van der Waals surface area contributed by atoms with Crippen LogP contribution in [0.1, 0.15) is 55.6 Å². The molecule has 110 valence electrons. The van der Waals surface area contributed by atoms with E-state index >= 15 is 0 Å². The molecular formula is C16H25N3O. The van der Waals surface area contributed by atoms with Crippen LogP contribution in [-0.4, -0.2) is 24.0 Å². The summed E-state index contributed by atoms with van der Waals surface area (Å²) in [5, 5.41) is 6.16. The minimum Gasteiger partial charge on any atom is -0.373 e. The third kappa shape index (κ3) is 3.71. The molecule has 2 atom stereocenters. The lowest BCUT2D eigenvalue weighted by Gasteiger charge is -2.09. The summed E-state index contributed by atoms with van der Waals surface area (Å²) in [4.78, 5) is 16.8. The van der Waals surface area contributed by atoms with Crippen molar-refractivity contribution in [2.24, 2.45) is 5.92 Å². The van der Waals surface area contributed by atoms with Crippen LogP contribution in [-0.2, 0) is 6.42 Å². The van der Waals surface area contributed by atoms with E-state index in [-0.39, 0.29) is 5.91 Å². The Labute approximate surface area is 121 Å². The van der Waals surface area contributed by atoms with Gasteiger partial charge in [-0.15, -0.1) is 0 Å². The first-order valence-corrected chi connectivity index (χ1v) is 7.67. The Morgan fingerprint density at radius 3 is 2.80 bits per heavy atom. The summed E-state index contributed by atoms with van der Waals surface area (Å²) in [5.74, 6) is 1.48. The fourth-order valence-electron chi connectivity index (χ4n) is 2.60. The minimum absolute atomic E-state index is 0.0323. The minimum atomic E-state index is 0.0323. The molecule has 0 aromatic carbocycles. The molecule has 1 heterocycles. The van der Waals surface area contributed by atoms with Gasteiger partial charge in [-0.05, 0) is 37.3 Å². The molecule has 4 nitrogen and oxygen atoms in total. The fraction of sp³-hybridized carbons (Fsp3) is 0.625. The van der Waals surface area contributed by atoms with E-state index < -0.39 is 0 Å². The molecule has 0 bridgehead atoms. The van der Waals surface area contributed by atoms with Crippen LogP contribution in [0.3, 0.4) is 0 Å². The number of nitrogens with zero attached hydrogens (tertiary/aromatic N) is 1. The van der Waals surface area contributed by atoms with Crippen LogP contribution in [0.4, 0.5) is 5.82 Å². The Bertz CT molecular complexity index is 473. The van der Waals surface area contributed by atoms with Gasteiger partial charge in [0.05, 0.1) is 0 Å². The maximum absolute atomic E-state index is 12.3. The van der Waals surface area contributed by atoms with Gasteiger partial charge in [0.1, 0.15) is 5.82 Å². The van der Waals surface area contributed by atoms with Crippen molar-refractivity contribution in [2.45, 2.75) is 52.0 Å². The van der Waals surface area contributed by atoms with Crippen LogP contribution in [0.15, 0.2) is 12.1 Å². The molecule has 20 heavy (non-hydrogen) atoms. The number of carbonyl (C=O) groups excluding carboxylic acids is 1. The normalized spacial score (nSPS) is 20.6. The number of pyridine rings is 1. The zero-order valence-electron chi connectivity index (χ0n) is 12.7. The van der Waals surface area contributed by atoms with Crippen molar-refractivity contribution in [1.82, 2.24) is 10.3 Å². The number of hydrogen-bond donors (Lipinski definition) is 2. The number of anilines is 1. The predicted molar refractivity (Wildman–Crippen MR) is 82.0 cm³/mol. The van der Waals surface area contributed by atoms with Crippen LogP contribution >= 0.6 is 0 Å². The quantitative estimate of drug-likeness (QED) is 0.804. The second kappa shape index (κ2) is 6.73. The monoisotopic (exact) mass is 275 g/mol. The van der Waals surface area contributed by atoms with E-state index in [1.54, 1.807) is 0 Å². The van der Waals surface area contributed by atoms with Gasteiger partial charge in [0.25, 0.3) is 5.91 Å². The highest BCUT2D eigenvalue weighted by molar-refractivity contribution is 5.95. The van der Waals surface area contributed by atoms with E-state index in [0.717, 1.165) is 36.3 Å². The van der Waals surface area contributed by atoms with Crippen LogP contribution in [0.2, 0.25) is 0 Å². The zero-order chi connectivity index (χ0) is 14.5. The van der Waals surface area contributed by atoms with Crippen molar-refractivity contribution in [3.8, 4) is 0 Å². The van der Waals surface area contributed by atoms with Crippen LogP contribution < -0.4 is 10.6 Å². The highest BCUT2D eigenvalue weighted by atomic mass is 16.1. The molecule has 0 aliphatic heterocycles. The molecule has 4 heteroatoms. The molecule has 1 aliphatic rings. The third-order valence-electron chi connectivity index (χ3n) is 3.80. The zero-order valence-corrected chi connectivity index (χ0v) is 12.7. The first-order valence-electron chi connectivity index (χ1n) is 7.67. The van der Waals surface area contributed by atoms with E-state index in [0.29, 0.717) is 12.0 Å². The number of aryl methyl sites for hydroxylation is 1. The van der Waals surface area contributed by atoms with Gasteiger partial charge in [-0.3, -0.25) is 4.79 Å². The Hall–Kier alpha value is -1.58. The van der Waals surface area contributed by atoms with Crippen molar-refractivity contribution in [3.63, 3.8) is 0 Å². The molecule has 1 aromatic rings. The molecule has 1 amide bonds. The predicted octanol–water partition coefficient (Wildman–Crippen LogP) is 2.99. The smallest absolute Gasteiger partial charge is 0.251 e. The van der Waals surface area contributed by atoms with Gasteiger partial charge in [0.15, 0.2) is 0 Å². The van der Waals surface area contributed by atoms with Gasteiger partial charge in [0.2, 0.25) is 0 Å². The molecule has 0 spiro atoms. The summed E-state index contributed by atoms with van der Waals surface area (Å²) < 4.78 is 0. The molecule has 2 rings (SSSR count). The first kappa shape index (κ1) is 14.8. The van der Waals surface area contributed by atoms with Crippen LogP contribution in [0, 0.1) is 5.92 Å². The Balaban J connectivity index is 2.03. The summed E-state index contributed by atoms with van der Waals surface area (Å²) in [6, 6.07) is 4.12.